The van der Waals surface area contributed by atoms with Crippen LogP contribution in [0.2, 0.25) is 0 Å². The maximum absolute atomic E-state index is 11.7. The molecule has 2 aliphatic rings. The van der Waals surface area contributed by atoms with E-state index >= 15 is 0 Å². The number of nitrogens with one attached hydrogen (secondary N) is 3. The normalized spacial score (nSPS) is 32.9. The lowest BCUT2D eigenvalue weighted by atomic mass is 10.0. The minimum atomic E-state index is -3.38. The highest BCUT2D eigenvalue weighted by molar-refractivity contribution is 7.87. The van der Waals surface area contributed by atoms with Gasteiger partial charge in [-0.1, -0.05) is 0 Å². The number of methoxy groups -OCH3 is 1. The van der Waals surface area contributed by atoms with Crippen molar-refractivity contribution in [2.24, 2.45) is 0 Å². The van der Waals surface area contributed by atoms with E-state index in [0.29, 0.717) is 25.2 Å². The summed E-state index contributed by atoms with van der Waals surface area (Å²) >= 11 is 0. The van der Waals surface area contributed by atoms with Crippen LogP contribution in [0.1, 0.15) is 25.7 Å². The molecule has 0 radical (unpaired) electrons. The molecule has 2 rings (SSSR count). The first kappa shape index (κ1) is 13.2. The van der Waals surface area contributed by atoms with Crippen molar-refractivity contribution in [3.05, 3.63) is 0 Å². The number of fused-ring (bicyclic) bond motifs is 2. The molecule has 0 amide bonds. The van der Waals surface area contributed by atoms with E-state index in [1.54, 1.807) is 7.11 Å². The quantitative estimate of drug-likeness (QED) is 0.556. The predicted octanol–water partition coefficient (Wildman–Crippen LogP) is -0.660. The molecule has 2 aliphatic heterocycles. The molecule has 0 aromatic carbocycles. The van der Waals surface area contributed by atoms with Gasteiger partial charge in [-0.25, -0.2) is 0 Å². The predicted molar refractivity (Wildman–Crippen MR) is 64.9 cm³/mol. The zero-order valence-electron chi connectivity index (χ0n) is 10.1. The van der Waals surface area contributed by atoms with E-state index < -0.39 is 10.2 Å². The Labute approximate surface area is 103 Å². The Morgan fingerprint density at radius 1 is 1.29 bits per heavy atom. The largest absolute Gasteiger partial charge is 0.383 e. The van der Waals surface area contributed by atoms with Crippen LogP contribution < -0.4 is 14.8 Å². The van der Waals surface area contributed by atoms with E-state index in [9.17, 15) is 8.42 Å². The van der Waals surface area contributed by atoms with Crippen molar-refractivity contribution < 1.29 is 13.2 Å². The second kappa shape index (κ2) is 5.62. The van der Waals surface area contributed by atoms with Gasteiger partial charge < -0.3 is 10.1 Å². The van der Waals surface area contributed by atoms with Gasteiger partial charge in [0.25, 0.3) is 10.2 Å². The first-order valence-corrected chi connectivity index (χ1v) is 7.59. The molecule has 17 heavy (non-hydrogen) atoms. The molecule has 2 bridgehead atoms. The third-order valence-electron chi connectivity index (χ3n) is 3.39. The Kier molecular flexibility index (Phi) is 4.37. The minimum absolute atomic E-state index is 0.0637. The summed E-state index contributed by atoms with van der Waals surface area (Å²) in [6.07, 6.45) is 4.11. The van der Waals surface area contributed by atoms with Gasteiger partial charge in [0.2, 0.25) is 0 Å². The molecule has 0 saturated carbocycles. The molecule has 7 heteroatoms. The molecular formula is C10H21N3O3S. The van der Waals surface area contributed by atoms with Crippen molar-refractivity contribution in [1.82, 2.24) is 14.8 Å². The SMILES string of the molecule is COCCNS(=O)(=O)NC1CC2CCC(C1)N2. The zero-order valence-corrected chi connectivity index (χ0v) is 10.9. The highest BCUT2D eigenvalue weighted by Gasteiger charge is 2.34. The Morgan fingerprint density at radius 3 is 2.53 bits per heavy atom. The molecule has 2 fully saturated rings. The van der Waals surface area contributed by atoms with Crippen molar-refractivity contribution in [3.63, 3.8) is 0 Å². The van der Waals surface area contributed by atoms with Crippen LogP contribution in [0.3, 0.4) is 0 Å². The van der Waals surface area contributed by atoms with Gasteiger partial charge in [0, 0.05) is 31.8 Å². The monoisotopic (exact) mass is 263 g/mol. The summed E-state index contributed by atoms with van der Waals surface area (Å²) in [5.41, 5.74) is 0. The minimum Gasteiger partial charge on any atom is -0.383 e. The third kappa shape index (κ3) is 3.89. The second-order valence-electron chi connectivity index (χ2n) is 4.81. The van der Waals surface area contributed by atoms with Crippen LogP contribution in [-0.2, 0) is 14.9 Å². The number of hydrogen-bond acceptors (Lipinski definition) is 4. The molecule has 2 heterocycles. The van der Waals surface area contributed by atoms with Gasteiger partial charge >= 0.3 is 0 Å². The summed E-state index contributed by atoms with van der Waals surface area (Å²) in [5.74, 6) is 0. The number of piperidine rings is 1. The number of ether oxygens (including phenoxy) is 1. The second-order valence-corrected chi connectivity index (χ2v) is 6.35. The van der Waals surface area contributed by atoms with Gasteiger partial charge in [-0.2, -0.15) is 17.9 Å². The Balaban J connectivity index is 1.79. The number of hydrogen-bond donors (Lipinski definition) is 3. The molecule has 100 valence electrons. The van der Waals surface area contributed by atoms with Crippen molar-refractivity contribution in [2.45, 2.75) is 43.8 Å². The van der Waals surface area contributed by atoms with Crippen LogP contribution in [0.15, 0.2) is 0 Å². The van der Waals surface area contributed by atoms with Crippen molar-refractivity contribution in [3.8, 4) is 0 Å². The maximum Gasteiger partial charge on any atom is 0.277 e. The van der Waals surface area contributed by atoms with Crippen LogP contribution in [0.5, 0.6) is 0 Å². The van der Waals surface area contributed by atoms with E-state index in [1.165, 1.54) is 12.8 Å². The summed E-state index contributed by atoms with van der Waals surface area (Å²) in [6.45, 7) is 0.696. The Hall–Kier alpha value is -0.210. The van der Waals surface area contributed by atoms with E-state index in [-0.39, 0.29) is 6.04 Å². The van der Waals surface area contributed by atoms with Crippen LogP contribution in [-0.4, -0.2) is 46.8 Å². The molecule has 6 nitrogen and oxygen atoms in total. The van der Waals surface area contributed by atoms with Gasteiger partial charge in [-0.15, -0.1) is 0 Å². The van der Waals surface area contributed by atoms with E-state index in [0.717, 1.165) is 12.8 Å². The van der Waals surface area contributed by atoms with E-state index in [2.05, 4.69) is 14.8 Å². The molecule has 2 unspecified atom stereocenters. The Bertz CT molecular complexity index is 335. The molecule has 0 aromatic rings. The standard InChI is InChI=1S/C10H21N3O3S/c1-16-5-4-11-17(14,15)13-10-6-8-2-3-9(7-10)12-8/h8-13H,2-7H2,1H3. The molecular weight excluding hydrogens is 242 g/mol. The van der Waals surface area contributed by atoms with Crippen molar-refractivity contribution in [1.29, 1.82) is 0 Å². The summed E-state index contributed by atoms with van der Waals surface area (Å²) in [7, 11) is -1.83. The van der Waals surface area contributed by atoms with Gasteiger partial charge in [-0.05, 0) is 25.7 Å². The highest BCUT2D eigenvalue weighted by Crippen LogP contribution is 2.26. The topological polar surface area (TPSA) is 79.5 Å². The molecule has 3 N–H and O–H groups in total. The summed E-state index contributed by atoms with van der Waals surface area (Å²) < 4.78 is 33.4. The van der Waals surface area contributed by atoms with E-state index in [4.69, 9.17) is 4.74 Å². The first-order valence-electron chi connectivity index (χ1n) is 6.11. The van der Waals surface area contributed by atoms with Gasteiger partial charge in [0.15, 0.2) is 0 Å². The van der Waals surface area contributed by atoms with Crippen LogP contribution >= 0.6 is 0 Å². The third-order valence-corrected chi connectivity index (χ3v) is 4.62. The lowest BCUT2D eigenvalue weighted by Crippen LogP contribution is -2.51. The van der Waals surface area contributed by atoms with E-state index in [1.807, 2.05) is 0 Å². The number of rotatable bonds is 6. The zero-order chi connectivity index (χ0) is 12.3. The molecule has 0 spiro atoms. The fourth-order valence-electron chi connectivity index (χ4n) is 2.69. The lowest BCUT2D eigenvalue weighted by Gasteiger charge is -2.29. The van der Waals surface area contributed by atoms with Gasteiger partial charge in [-0.3, -0.25) is 0 Å². The highest BCUT2D eigenvalue weighted by atomic mass is 32.2. The molecule has 2 atom stereocenters. The fraction of sp³-hybridized carbons (Fsp3) is 1.00. The van der Waals surface area contributed by atoms with Crippen LogP contribution in [0.25, 0.3) is 0 Å². The summed E-state index contributed by atoms with van der Waals surface area (Å²) in [5, 5.41) is 3.48. The molecule has 2 saturated heterocycles. The molecule has 0 aromatic heterocycles. The van der Waals surface area contributed by atoms with Crippen LogP contribution in [0, 0.1) is 0 Å². The molecule has 0 aliphatic carbocycles. The smallest absolute Gasteiger partial charge is 0.277 e. The maximum atomic E-state index is 11.7. The van der Waals surface area contributed by atoms with Gasteiger partial charge in [0.1, 0.15) is 0 Å². The fourth-order valence-corrected chi connectivity index (χ4v) is 3.76. The van der Waals surface area contributed by atoms with Crippen LogP contribution in [0.4, 0.5) is 0 Å². The average molecular weight is 263 g/mol. The average Bonchev–Trinajstić information content (AvgIpc) is 2.58. The van der Waals surface area contributed by atoms with Crippen molar-refractivity contribution in [2.75, 3.05) is 20.3 Å². The summed E-state index contributed by atoms with van der Waals surface area (Å²) in [4.78, 5) is 0. The first-order chi connectivity index (χ1) is 8.09. The summed E-state index contributed by atoms with van der Waals surface area (Å²) in [6, 6.07) is 1.04. The lowest BCUT2D eigenvalue weighted by molar-refractivity contribution is 0.204. The van der Waals surface area contributed by atoms with Gasteiger partial charge in [0.05, 0.1) is 6.61 Å². The Morgan fingerprint density at radius 2 is 1.94 bits per heavy atom. The van der Waals surface area contributed by atoms with Crippen molar-refractivity contribution >= 4 is 10.2 Å².